The van der Waals surface area contributed by atoms with E-state index in [0.29, 0.717) is 17.9 Å². The number of amides is 1. The molecule has 156 valence electrons. The third-order valence-electron chi connectivity index (χ3n) is 6.27. The quantitative estimate of drug-likeness (QED) is 0.653. The van der Waals surface area contributed by atoms with Gasteiger partial charge in [-0.05, 0) is 73.5 Å². The van der Waals surface area contributed by atoms with Gasteiger partial charge in [-0.25, -0.2) is 4.39 Å². The molecule has 2 atom stereocenters. The van der Waals surface area contributed by atoms with Crippen LogP contribution in [0.2, 0.25) is 0 Å². The normalized spacial score (nSPS) is 20.4. The lowest BCUT2D eigenvalue weighted by atomic mass is 9.79. The zero-order valence-corrected chi connectivity index (χ0v) is 17.0. The number of nitriles is 1. The Kier molecular flexibility index (Phi) is 5.85. The van der Waals surface area contributed by atoms with Gasteiger partial charge < -0.3 is 16.4 Å². The Morgan fingerprint density at radius 1 is 1.23 bits per heavy atom. The second-order valence-corrected chi connectivity index (χ2v) is 8.48. The van der Waals surface area contributed by atoms with Gasteiger partial charge >= 0.3 is 0 Å². The summed E-state index contributed by atoms with van der Waals surface area (Å²) in [5.74, 6) is -0.0313. The molecule has 5 nitrogen and oxygen atoms in total. The van der Waals surface area contributed by atoms with Gasteiger partial charge in [-0.1, -0.05) is 31.0 Å². The fraction of sp³-hybridized carbons (Fsp3) is 0.417. The molecule has 4 N–H and O–H groups in total. The summed E-state index contributed by atoms with van der Waals surface area (Å²) in [4.78, 5) is 12.5. The van der Waals surface area contributed by atoms with Gasteiger partial charge in [0.05, 0.1) is 28.9 Å². The summed E-state index contributed by atoms with van der Waals surface area (Å²) >= 11 is 0. The first-order valence-corrected chi connectivity index (χ1v) is 10.6. The molecular weight excluding hydrogens is 379 g/mol. The van der Waals surface area contributed by atoms with E-state index in [0.717, 1.165) is 36.9 Å². The molecule has 0 aromatic heterocycles. The van der Waals surface area contributed by atoms with Crippen LogP contribution in [-0.4, -0.2) is 18.5 Å². The number of nitrogens with two attached hydrogens (primary N) is 1. The highest BCUT2D eigenvalue weighted by Crippen LogP contribution is 2.40. The number of nitrogens with one attached hydrogen (secondary N) is 2. The molecule has 2 aliphatic rings. The van der Waals surface area contributed by atoms with Crippen molar-refractivity contribution in [3.63, 3.8) is 0 Å². The van der Waals surface area contributed by atoms with Crippen LogP contribution in [0.25, 0.3) is 0 Å². The first-order chi connectivity index (χ1) is 14.5. The summed E-state index contributed by atoms with van der Waals surface area (Å²) in [6, 6.07) is 13.9. The van der Waals surface area contributed by atoms with E-state index in [9.17, 15) is 14.4 Å². The van der Waals surface area contributed by atoms with E-state index in [1.165, 1.54) is 18.9 Å². The van der Waals surface area contributed by atoms with Crippen LogP contribution in [0.3, 0.4) is 0 Å². The van der Waals surface area contributed by atoms with Crippen LogP contribution in [0.1, 0.15) is 55.2 Å². The number of benzene rings is 2. The molecule has 1 heterocycles. The second-order valence-electron chi connectivity index (χ2n) is 8.48. The van der Waals surface area contributed by atoms with Gasteiger partial charge in [0.25, 0.3) is 0 Å². The van der Waals surface area contributed by atoms with Gasteiger partial charge in [0, 0.05) is 0 Å². The number of hydrogen-bond acceptors (Lipinski definition) is 4. The molecule has 6 heteroatoms. The fourth-order valence-electron chi connectivity index (χ4n) is 4.19. The topological polar surface area (TPSA) is 90.9 Å². The Balaban J connectivity index is 1.67. The lowest BCUT2D eigenvalue weighted by Crippen LogP contribution is -2.39. The lowest BCUT2D eigenvalue weighted by Gasteiger charge is -2.32. The van der Waals surface area contributed by atoms with E-state index < -0.39 is 11.4 Å². The van der Waals surface area contributed by atoms with Crippen LogP contribution < -0.4 is 16.4 Å². The molecule has 0 bridgehead atoms. The Morgan fingerprint density at radius 3 is 2.73 bits per heavy atom. The van der Waals surface area contributed by atoms with Crippen molar-refractivity contribution in [1.29, 1.82) is 5.26 Å². The summed E-state index contributed by atoms with van der Waals surface area (Å²) in [6.07, 6.45) is 5.77. The monoisotopic (exact) mass is 406 g/mol. The predicted molar refractivity (Wildman–Crippen MR) is 114 cm³/mol. The standard InChI is InChI=1S/C24H27FN4O/c25-20-9-8-19(14-22(20)29-23(30)21-5-2-12-28-21)24(27,11-10-16-6-7-16)18-4-1-3-17(13-18)15-26/h1,3-4,8-9,13-14,16,21,28H,2,5-7,10-12,27H2,(H,29,30)/t21-,24?/m1/s1. The highest BCUT2D eigenvalue weighted by atomic mass is 19.1. The number of carbonyl (C=O) groups excluding carboxylic acids is 1. The first-order valence-electron chi connectivity index (χ1n) is 10.6. The van der Waals surface area contributed by atoms with Gasteiger partial charge in [0.2, 0.25) is 5.91 Å². The minimum absolute atomic E-state index is 0.142. The van der Waals surface area contributed by atoms with Gasteiger partial charge in [-0.2, -0.15) is 5.26 Å². The molecule has 2 aromatic rings. The minimum Gasteiger partial charge on any atom is -0.322 e. The van der Waals surface area contributed by atoms with Gasteiger partial charge in [0.1, 0.15) is 5.82 Å². The predicted octanol–water partition coefficient (Wildman–Crippen LogP) is 3.78. The average Bonchev–Trinajstić information content (AvgIpc) is 3.43. The van der Waals surface area contributed by atoms with Gasteiger partial charge in [0.15, 0.2) is 0 Å². The smallest absolute Gasteiger partial charge is 0.241 e. The second kappa shape index (κ2) is 8.55. The van der Waals surface area contributed by atoms with Crippen LogP contribution in [0.4, 0.5) is 10.1 Å². The van der Waals surface area contributed by atoms with Crippen molar-refractivity contribution in [3.8, 4) is 6.07 Å². The summed E-state index contributed by atoms with van der Waals surface area (Å²) in [7, 11) is 0. The lowest BCUT2D eigenvalue weighted by molar-refractivity contribution is -0.117. The van der Waals surface area contributed by atoms with E-state index in [1.807, 2.05) is 12.1 Å². The molecule has 1 aliphatic heterocycles. The van der Waals surface area contributed by atoms with Crippen LogP contribution >= 0.6 is 0 Å². The zero-order chi connectivity index (χ0) is 21.1. The Bertz CT molecular complexity index is 975. The van der Waals surface area contributed by atoms with E-state index >= 15 is 0 Å². The Hall–Kier alpha value is -2.75. The highest BCUT2D eigenvalue weighted by Gasteiger charge is 2.34. The Morgan fingerprint density at radius 2 is 2.03 bits per heavy atom. The van der Waals surface area contributed by atoms with Crippen molar-refractivity contribution in [2.24, 2.45) is 11.7 Å². The number of carbonyl (C=O) groups is 1. The fourth-order valence-corrected chi connectivity index (χ4v) is 4.19. The van der Waals surface area contributed by atoms with Crippen LogP contribution in [0, 0.1) is 23.1 Å². The molecule has 1 saturated carbocycles. The number of halogens is 1. The third-order valence-corrected chi connectivity index (χ3v) is 6.27. The molecule has 1 aliphatic carbocycles. The molecule has 2 fully saturated rings. The molecule has 0 spiro atoms. The molecular formula is C24H27FN4O. The number of rotatable bonds is 7. The average molecular weight is 407 g/mol. The largest absolute Gasteiger partial charge is 0.322 e. The van der Waals surface area contributed by atoms with Gasteiger partial charge in [-0.3, -0.25) is 4.79 Å². The maximum atomic E-state index is 14.5. The van der Waals surface area contributed by atoms with E-state index in [-0.39, 0.29) is 17.6 Å². The zero-order valence-electron chi connectivity index (χ0n) is 17.0. The molecule has 0 radical (unpaired) electrons. The molecule has 2 aromatic carbocycles. The van der Waals surface area contributed by atoms with Crippen LogP contribution in [0.15, 0.2) is 42.5 Å². The number of nitrogens with zero attached hydrogens (tertiary/aromatic N) is 1. The maximum absolute atomic E-state index is 14.5. The molecule has 1 saturated heterocycles. The molecule has 1 amide bonds. The summed E-state index contributed by atoms with van der Waals surface area (Å²) in [6.45, 7) is 0.795. The summed E-state index contributed by atoms with van der Waals surface area (Å²) in [5.41, 5.74) is 8.32. The minimum atomic E-state index is -0.867. The third kappa shape index (κ3) is 4.38. The van der Waals surface area contributed by atoms with E-state index in [1.54, 1.807) is 24.3 Å². The summed E-state index contributed by atoms with van der Waals surface area (Å²) < 4.78 is 14.5. The van der Waals surface area contributed by atoms with Crippen LogP contribution in [-0.2, 0) is 10.3 Å². The highest BCUT2D eigenvalue weighted by molar-refractivity contribution is 5.95. The van der Waals surface area contributed by atoms with E-state index in [4.69, 9.17) is 5.73 Å². The SMILES string of the molecule is N#Cc1cccc(C(N)(CCC2CC2)c2ccc(F)c(NC(=O)[C@H]3CCCN3)c2)c1. The summed E-state index contributed by atoms with van der Waals surface area (Å²) in [5, 5.41) is 15.2. The van der Waals surface area contributed by atoms with Gasteiger partial charge in [-0.15, -0.1) is 0 Å². The number of anilines is 1. The van der Waals surface area contributed by atoms with Crippen molar-refractivity contribution >= 4 is 11.6 Å². The molecule has 30 heavy (non-hydrogen) atoms. The van der Waals surface area contributed by atoms with Crippen molar-refractivity contribution < 1.29 is 9.18 Å². The Labute approximate surface area is 176 Å². The van der Waals surface area contributed by atoms with E-state index in [2.05, 4.69) is 16.7 Å². The maximum Gasteiger partial charge on any atom is 0.241 e. The number of hydrogen-bond donors (Lipinski definition) is 3. The van der Waals surface area contributed by atoms with Crippen molar-refractivity contribution in [1.82, 2.24) is 5.32 Å². The van der Waals surface area contributed by atoms with Crippen molar-refractivity contribution in [2.45, 2.75) is 50.1 Å². The first kappa shape index (κ1) is 20.5. The van der Waals surface area contributed by atoms with Crippen molar-refractivity contribution in [2.75, 3.05) is 11.9 Å². The molecule has 1 unspecified atom stereocenters. The van der Waals surface area contributed by atoms with Crippen molar-refractivity contribution in [3.05, 3.63) is 65.0 Å². The van der Waals surface area contributed by atoms with Crippen LogP contribution in [0.5, 0.6) is 0 Å². The molecule has 4 rings (SSSR count).